The molecule has 9 nitrogen and oxygen atoms in total. The number of hydrazine groups is 1. The number of aromatic nitrogens is 2. The summed E-state index contributed by atoms with van der Waals surface area (Å²) in [5.74, 6) is 0.742. The number of hydrogen-bond donors (Lipinski definition) is 3. The predicted octanol–water partition coefficient (Wildman–Crippen LogP) is 1.51. The van der Waals surface area contributed by atoms with Gasteiger partial charge in [-0.15, -0.1) is 0 Å². The number of rotatable bonds is 5. The highest BCUT2D eigenvalue weighted by molar-refractivity contribution is 6.05. The van der Waals surface area contributed by atoms with Crippen molar-refractivity contribution in [3.8, 4) is 0 Å². The minimum absolute atomic E-state index is 0.0363. The average Bonchev–Trinajstić information content (AvgIpc) is 2.80. The van der Waals surface area contributed by atoms with Crippen LogP contribution in [0.2, 0.25) is 0 Å². The van der Waals surface area contributed by atoms with Crippen LogP contribution in [0.5, 0.6) is 0 Å². The van der Waals surface area contributed by atoms with Crippen LogP contribution in [-0.4, -0.2) is 34.0 Å². The molecule has 3 N–H and O–H groups in total. The van der Waals surface area contributed by atoms with Crippen molar-refractivity contribution in [1.82, 2.24) is 25.9 Å². The zero-order chi connectivity index (χ0) is 23.2. The molecule has 1 aromatic carbocycles. The molecule has 0 radical (unpaired) electrons. The minimum atomic E-state index is -0.630. The van der Waals surface area contributed by atoms with Gasteiger partial charge in [0.05, 0.1) is 11.9 Å². The van der Waals surface area contributed by atoms with E-state index < -0.39 is 11.8 Å². The Labute approximate surface area is 191 Å². The summed E-state index contributed by atoms with van der Waals surface area (Å²) >= 11 is 0. The lowest BCUT2D eigenvalue weighted by Crippen LogP contribution is -2.55. The van der Waals surface area contributed by atoms with Gasteiger partial charge in [-0.1, -0.05) is 18.2 Å². The molecule has 174 valence electrons. The number of nitrogens with one attached hydrogen (secondary N) is 3. The maximum Gasteiger partial charge on any atom is 0.290 e. The number of fused-ring (bicyclic) bond motifs is 1. The summed E-state index contributed by atoms with van der Waals surface area (Å²) in [6.45, 7) is 1.87. The molecule has 0 unspecified atom stereocenters. The van der Waals surface area contributed by atoms with Crippen molar-refractivity contribution in [2.24, 2.45) is 23.2 Å². The van der Waals surface area contributed by atoms with Gasteiger partial charge in [-0.25, -0.2) is 4.68 Å². The summed E-state index contributed by atoms with van der Waals surface area (Å²) in [5.41, 5.74) is 4.14. The van der Waals surface area contributed by atoms with Gasteiger partial charge in [0.1, 0.15) is 0 Å². The Morgan fingerprint density at radius 3 is 2.21 bits per heavy atom. The van der Waals surface area contributed by atoms with Gasteiger partial charge in [-0.2, -0.15) is 5.10 Å². The van der Waals surface area contributed by atoms with Crippen LogP contribution in [0.25, 0.3) is 10.8 Å². The van der Waals surface area contributed by atoms with Crippen molar-refractivity contribution in [3.63, 3.8) is 0 Å². The van der Waals surface area contributed by atoms with E-state index in [0.29, 0.717) is 35.1 Å². The van der Waals surface area contributed by atoms with E-state index in [-0.39, 0.29) is 29.1 Å². The smallest absolute Gasteiger partial charge is 0.290 e. The molecule has 6 rings (SSSR count). The van der Waals surface area contributed by atoms with Crippen molar-refractivity contribution >= 4 is 28.5 Å². The SMILES string of the molecule is CCn1nc(C(=O)NNC(=O)CNC(=O)C23CC4CC(CC(C4)C2)C3)c2ccccc2c1=O. The largest absolute Gasteiger partial charge is 0.346 e. The fraction of sp³-hybridized carbons (Fsp3) is 0.542. The van der Waals surface area contributed by atoms with Gasteiger partial charge in [0, 0.05) is 17.3 Å². The minimum Gasteiger partial charge on any atom is -0.346 e. The van der Waals surface area contributed by atoms with Crippen LogP contribution in [0.15, 0.2) is 29.1 Å². The second kappa shape index (κ2) is 8.28. The quantitative estimate of drug-likeness (QED) is 0.595. The Hall–Kier alpha value is -3.23. The van der Waals surface area contributed by atoms with E-state index in [2.05, 4.69) is 21.3 Å². The molecule has 4 fully saturated rings. The molecule has 1 aromatic heterocycles. The van der Waals surface area contributed by atoms with Crippen molar-refractivity contribution in [3.05, 3.63) is 40.3 Å². The van der Waals surface area contributed by atoms with E-state index in [0.717, 1.165) is 19.3 Å². The highest BCUT2D eigenvalue weighted by Crippen LogP contribution is 2.60. The maximum atomic E-state index is 13.0. The lowest BCUT2D eigenvalue weighted by atomic mass is 9.49. The average molecular weight is 452 g/mol. The molecule has 0 atom stereocenters. The standard InChI is InChI=1S/C24H29N5O4/c1-2-29-22(32)18-6-4-3-5-17(18)20(28-29)21(31)27-26-19(30)13-25-23(33)24-10-14-7-15(11-24)9-16(8-14)12-24/h3-6,14-16H,2,7-13H2,1H3,(H,25,33)(H,26,30)(H,27,31). The first-order valence-electron chi connectivity index (χ1n) is 11.8. The van der Waals surface area contributed by atoms with Gasteiger partial charge in [0.2, 0.25) is 5.91 Å². The van der Waals surface area contributed by atoms with Crippen LogP contribution >= 0.6 is 0 Å². The summed E-state index contributed by atoms with van der Waals surface area (Å²) in [5, 5.41) is 7.74. The van der Waals surface area contributed by atoms with Crippen LogP contribution in [0, 0.1) is 23.2 Å². The summed E-state index contributed by atoms with van der Waals surface area (Å²) in [4.78, 5) is 50.5. The summed E-state index contributed by atoms with van der Waals surface area (Å²) < 4.78 is 1.21. The van der Waals surface area contributed by atoms with Gasteiger partial charge >= 0.3 is 0 Å². The Kier molecular flexibility index (Phi) is 5.42. The number of hydrogen-bond acceptors (Lipinski definition) is 5. The number of amides is 3. The third kappa shape index (κ3) is 3.89. The summed E-state index contributed by atoms with van der Waals surface area (Å²) in [6, 6.07) is 6.72. The molecule has 0 saturated heterocycles. The second-order valence-electron chi connectivity index (χ2n) is 9.90. The van der Waals surface area contributed by atoms with Gasteiger partial charge in [0.25, 0.3) is 17.4 Å². The number of nitrogens with zero attached hydrogens (tertiary/aromatic N) is 2. The fourth-order valence-electron chi connectivity index (χ4n) is 6.58. The Morgan fingerprint density at radius 1 is 1.00 bits per heavy atom. The lowest BCUT2D eigenvalue weighted by Gasteiger charge is -2.55. The topological polar surface area (TPSA) is 122 Å². The third-order valence-electron chi connectivity index (χ3n) is 7.63. The highest BCUT2D eigenvalue weighted by atomic mass is 16.2. The Balaban J connectivity index is 1.20. The Morgan fingerprint density at radius 2 is 1.61 bits per heavy atom. The lowest BCUT2D eigenvalue weighted by molar-refractivity contribution is -0.147. The highest BCUT2D eigenvalue weighted by Gasteiger charge is 2.54. The van der Waals surface area contributed by atoms with Crippen molar-refractivity contribution in [2.75, 3.05) is 6.54 Å². The van der Waals surface area contributed by atoms with E-state index in [1.807, 2.05) is 0 Å². The van der Waals surface area contributed by atoms with Gasteiger partial charge in [-0.3, -0.25) is 30.0 Å². The zero-order valence-corrected chi connectivity index (χ0v) is 18.7. The molecular weight excluding hydrogens is 422 g/mol. The van der Waals surface area contributed by atoms with Crippen LogP contribution in [0.1, 0.15) is 55.9 Å². The molecule has 2 aromatic rings. The summed E-state index contributed by atoms with van der Waals surface area (Å²) in [7, 11) is 0. The number of carbonyl (C=O) groups is 3. The van der Waals surface area contributed by atoms with E-state index in [9.17, 15) is 19.2 Å². The fourth-order valence-corrected chi connectivity index (χ4v) is 6.58. The van der Waals surface area contributed by atoms with Crippen LogP contribution in [-0.2, 0) is 16.1 Å². The maximum absolute atomic E-state index is 13.0. The van der Waals surface area contributed by atoms with E-state index >= 15 is 0 Å². The third-order valence-corrected chi connectivity index (χ3v) is 7.63. The van der Waals surface area contributed by atoms with Crippen LogP contribution in [0.4, 0.5) is 0 Å². The molecule has 3 amide bonds. The summed E-state index contributed by atoms with van der Waals surface area (Å²) in [6.07, 6.45) is 6.51. The molecule has 4 bridgehead atoms. The monoisotopic (exact) mass is 451 g/mol. The molecule has 4 saturated carbocycles. The molecule has 0 spiro atoms. The Bertz CT molecular complexity index is 1150. The first-order valence-corrected chi connectivity index (χ1v) is 11.8. The molecule has 9 heteroatoms. The predicted molar refractivity (Wildman–Crippen MR) is 121 cm³/mol. The van der Waals surface area contributed by atoms with Crippen molar-refractivity contribution in [2.45, 2.75) is 52.0 Å². The van der Waals surface area contributed by atoms with Crippen LogP contribution in [0.3, 0.4) is 0 Å². The van der Waals surface area contributed by atoms with Gasteiger partial charge < -0.3 is 5.32 Å². The molecule has 4 aliphatic rings. The zero-order valence-electron chi connectivity index (χ0n) is 18.7. The molecule has 4 aliphatic carbocycles. The number of aryl methyl sites for hydroxylation is 1. The molecule has 1 heterocycles. The van der Waals surface area contributed by atoms with E-state index in [1.54, 1.807) is 31.2 Å². The van der Waals surface area contributed by atoms with Gasteiger partial charge in [0.15, 0.2) is 5.69 Å². The first-order chi connectivity index (χ1) is 15.9. The molecule has 33 heavy (non-hydrogen) atoms. The van der Waals surface area contributed by atoms with Crippen molar-refractivity contribution in [1.29, 1.82) is 0 Å². The second-order valence-corrected chi connectivity index (χ2v) is 9.90. The normalized spacial score (nSPS) is 27.4. The van der Waals surface area contributed by atoms with E-state index in [4.69, 9.17) is 0 Å². The van der Waals surface area contributed by atoms with Crippen LogP contribution < -0.4 is 21.7 Å². The van der Waals surface area contributed by atoms with Gasteiger partial charge in [-0.05, 0) is 69.3 Å². The number of carbonyl (C=O) groups excluding carboxylic acids is 3. The molecular formula is C24H29N5O4. The van der Waals surface area contributed by atoms with Crippen molar-refractivity contribution < 1.29 is 14.4 Å². The number of benzene rings is 1. The van der Waals surface area contributed by atoms with E-state index in [1.165, 1.54) is 23.9 Å². The first kappa shape index (κ1) is 21.6. The molecule has 0 aliphatic heterocycles.